The van der Waals surface area contributed by atoms with Crippen molar-refractivity contribution >= 4 is 23.0 Å². The number of aromatic nitrogens is 2. The lowest BCUT2D eigenvalue weighted by molar-refractivity contribution is 0.224. The highest BCUT2D eigenvalue weighted by Crippen LogP contribution is 2.56. The van der Waals surface area contributed by atoms with E-state index in [4.69, 9.17) is 9.97 Å². The fraction of sp³-hybridized carbons (Fsp3) is 0.290. The first-order valence-electron chi connectivity index (χ1n) is 12.7. The molecule has 4 nitrogen and oxygen atoms in total. The summed E-state index contributed by atoms with van der Waals surface area (Å²) in [6.07, 6.45) is 7.05. The Balaban J connectivity index is 1.60. The molecule has 176 valence electrons. The number of para-hydroxylation sites is 1. The topological polar surface area (TPSA) is 32.3 Å². The first-order valence-corrected chi connectivity index (χ1v) is 12.7. The van der Waals surface area contributed by atoms with Crippen molar-refractivity contribution in [1.29, 1.82) is 0 Å². The van der Waals surface area contributed by atoms with Crippen LogP contribution in [0.15, 0.2) is 79.1 Å². The van der Waals surface area contributed by atoms with Gasteiger partial charge in [0.2, 0.25) is 0 Å². The molecule has 1 aromatic heterocycles. The third kappa shape index (κ3) is 3.35. The number of aryl methyl sites for hydroxylation is 2. The first-order chi connectivity index (χ1) is 17.0. The van der Waals surface area contributed by atoms with E-state index in [-0.39, 0.29) is 11.6 Å². The molecule has 0 fully saturated rings. The predicted octanol–water partition coefficient (Wildman–Crippen LogP) is 7.74. The molecule has 2 aliphatic rings. The largest absolute Gasteiger partial charge is 0.301 e. The van der Waals surface area contributed by atoms with Crippen LogP contribution in [0, 0.1) is 19.3 Å². The van der Waals surface area contributed by atoms with E-state index in [1.54, 1.807) is 0 Å². The molecule has 0 bridgehead atoms. The molecule has 4 heteroatoms. The molecule has 3 aromatic carbocycles. The summed E-state index contributed by atoms with van der Waals surface area (Å²) in [6, 6.07) is 24.3. The molecule has 3 heterocycles. The Morgan fingerprint density at radius 3 is 2.23 bits per heavy atom. The highest BCUT2D eigenvalue weighted by molar-refractivity contribution is 5.87. The molecule has 2 aliphatic heterocycles. The molecule has 2 unspecified atom stereocenters. The Morgan fingerprint density at radius 2 is 1.54 bits per heavy atom. The average molecular weight is 461 g/mol. The van der Waals surface area contributed by atoms with Crippen molar-refractivity contribution in [2.24, 2.45) is 5.41 Å². The fourth-order valence-corrected chi connectivity index (χ4v) is 6.41. The molecule has 0 radical (unpaired) electrons. The van der Waals surface area contributed by atoms with Gasteiger partial charge in [0, 0.05) is 29.2 Å². The number of hydrogen-bond donors (Lipinski definition) is 0. The summed E-state index contributed by atoms with van der Waals surface area (Å²) in [7, 11) is 0. The third-order valence-corrected chi connectivity index (χ3v) is 7.79. The molecule has 0 saturated heterocycles. The van der Waals surface area contributed by atoms with Gasteiger partial charge in [-0.1, -0.05) is 68.8 Å². The van der Waals surface area contributed by atoms with Gasteiger partial charge in [-0.3, -0.25) is 0 Å². The Kier molecular flexibility index (Phi) is 5.14. The van der Waals surface area contributed by atoms with Gasteiger partial charge in [-0.05, 0) is 72.7 Å². The van der Waals surface area contributed by atoms with Crippen LogP contribution in [-0.4, -0.2) is 16.1 Å². The van der Waals surface area contributed by atoms with E-state index in [9.17, 15) is 0 Å². The van der Waals surface area contributed by atoms with Gasteiger partial charge in [0.15, 0.2) is 11.6 Å². The third-order valence-electron chi connectivity index (χ3n) is 7.79. The van der Waals surface area contributed by atoms with Gasteiger partial charge in [-0.25, -0.2) is 9.97 Å². The van der Waals surface area contributed by atoms with Crippen LogP contribution in [0.3, 0.4) is 0 Å². The zero-order valence-electron chi connectivity index (χ0n) is 21.0. The van der Waals surface area contributed by atoms with Crippen LogP contribution in [0.5, 0.6) is 0 Å². The second kappa shape index (κ2) is 8.23. The lowest BCUT2D eigenvalue weighted by Crippen LogP contribution is -2.54. The van der Waals surface area contributed by atoms with Crippen LogP contribution in [-0.2, 0) is 6.42 Å². The maximum absolute atomic E-state index is 4.90. The Labute approximate surface area is 208 Å². The van der Waals surface area contributed by atoms with Crippen LogP contribution >= 0.6 is 0 Å². The standard InChI is InChI=1S/C31H32N4/c1-5-16-31(4)20-24-15-14-23(27-21(2)10-9-11-22(27)3)19-26(24)35-29-28(32-17-18-33-29)34(30(31)35)25-12-7-6-8-13-25/h6-15,17-19,30H,5,16,20H2,1-4H3. The summed E-state index contributed by atoms with van der Waals surface area (Å²) in [4.78, 5) is 14.7. The quantitative estimate of drug-likeness (QED) is 0.312. The van der Waals surface area contributed by atoms with Crippen LogP contribution in [0.25, 0.3) is 11.1 Å². The molecule has 0 N–H and O–H groups in total. The van der Waals surface area contributed by atoms with Crippen LogP contribution < -0.4 is 9.80 Å². The molecule has 6 rings (SSSR count). The van der Waals surface area contributed by atoms with Crippen molar-refractivity contribution in [3.63, 3.8) is 0 Å². The van der Waals surface area contributed by atoms with Crippen LogP contribution in [0.4, 0.5) is 23.0 Å². The molecule has 0 spiro atoms. The maximum atomic E-state index is 4.90. The lowest BCUT2D eigenvalue weighted by Gasteiger charge is -2.49. The van der Waals surface area contributed by atoms with Gasteiger partial charge in [0.1, 0.15) is 6.17 Å². The summed E-state index contributed by atoms with van der Waals surface area (Å²) in [6.45, 7) is 9.15. The summed E-state index contributed by atoms with van der Waals surface area (Å²) >= 11 is 0. The van der Waals surface area contributed by atoms with Gasteiger partial charge in [0.25, 0.3) is 0 Å². The number of rotatable bonds is 4. The minimum Gasteiger partial charge on any atom is -0.301 e. The fourth-order valence-electron chi connectivity index (χ4n) is 6.41. The second-order valence-electron chi connectivity index (χ2n) is 10.3. The van der Waals surface area contributed by atoms with E-state index in [0.29, 0.717) is 0 Å². The van der Waals surface area contributed by atoms with Gasteiger partial charge < -0.3 is 9.80 Å². The van der Waals surface area contributed by atoms with E-state index < -0.39 is 0 Å². The van der Waals surface area contributed by atoms with Gasteiger partial charge in [-0.15, -0.1) is 0 Å². The van der Waals surface area contributed by atoms with E-state index in [1.807, 2.05) is 12.4 Å². The van der Waals surface area contributed by atoms with Gasteiger partial charge in [0.05, 0.1) is 0 Å². The Bertz CT molecular complexity index is 1380. The Hall–Kier alpha value is -3.66. The van der Waals surface area contributed by atoms with E-state index in [2.05, 4.69) is 104 Å². The van der Waals surface area contributed by atoms with Crippen molar-refractivity contribution in [1.82, 2.24) is 9.97 Å². The summed E-state index contributed by atoms with van der Waals surface area (Å²) in [5.74, 6) is 1.89. The number of anilines is 4. The van der Waals surface area contributed by atoms with Crippen molar-refractivity contribution < 1.29 is 0 Å². The van der Waals surface area contributed by atoms with Crippen molar-refractivity contribution in [2.45, 2.75) is 53.1 Å². The van der Waals surface area contributed by atoms with E-state index in [0.717, 1.165) is 30.9 Å². The zero-order valence-corrected chi connectivity index (χ0v) is 21.0. The molecule has 0 saturated carbocycles. The molecule has 0 amide bonds. The zero-order chi connectivity index (χ0) is 24.2. The molecule has 35 heavy (non-hydrogen) atoms. The SMILES string of the molecule is CCCC1(C)Cc2ccc(-c3c(C)cccc3C)cc2N2c3nccnc3N(c3ccccc3)C21. The van der Waals surface area contributed by atoms with Crippen LogP contribution in [0.1, 0.15) is 43.4 Å². The summed E-state index contributed by atoms with van der Waals surface area (Å²) in [5.41, 5.74) is 9.05. The number of fused-ring (bicyclic) bond motifs is 5. The number of hydrogen-bond acceptors (Lipinski definition) is 4. The first kappa shape index (κ1) is 21.8. The second-order valence-corrected chi connectivity index (χ2v) is 10.3. The van der Waals surface area contributed by atoms with Gasteiger partial charge >= 0.3 is 0 Å². The average Bonchev–Trinajstić information content (AvgIpc) is 3.22. The molecular weight excluding hydrogens is 428 g/mol. The van der Waals surface area contributed by atoms with Crippen molar-refractivity contribution in [3.05, 3.63) is 95.8 Å². The Morgan fingerprint density at radius 1 is 0.857 bits per heavy atom. The minimum atomic E-state index is 0.0417. The van der Waals surface area contributed by atoms with Crippen molar-refractivity contribution in [2.75, 3.05) is 9.80 Å². The monoisotopic (exact) mass is 460 g/mol. The minimum absolute atomic E-state index is 0.0417. The molecule has 4 aromatic rings. The predicted molar refractivity (Wildman–Crippen MR) is 145 cm³/mol. The van der Waals surface area contributed by atoms with Gasteiger partial charge in [-0.2, -0.15) is 0 Å². The molecular formula is C31H32N4. The highest BCUT2D eigenvalue weighted by atomic mass is 15.5. The van der Waals surface area contributed by atoms with Crippen molar-refractivity contribution in [3.8, 4) is 11.1 Å². The highest BCUT2D eigenvalue weighted by Gasteiger charge is 2.53. The van der Waals surface area contributed by atoms with E-state index in [1.165, 1.54) is 39.2 Å². The van der Waals surface area contributed by atoms with Crippen LogP contribution in [0.2, 0.25) is 0 Å². The molecule has 2 atom stereocenters. The number of nitrogens with zero attached hydrogens (tertiary/aromatic N) is 4. The summed E-state index contributed by atoms with van der Waals surface area (Å²) < 4.78 is 0. The number of benzene rings is 3. The normalized spacial score (nSPS) is 20.4. The maximum Gasteiger partial charge on any atom is 0.178 e. The smallest absolute Gasteiger partial charge is 0.178 e. The molecule has 0 aliphatic carbocycles. The van der Waals surface area contributed by atoms with E-state index >= 15 is 0 Å². The summed E-state index contributed by atoms with van der Waals surface area (Å²) in [5, 5.41) is 0. The lowest BCUT2D eigenvalue weighted by atomic mass is 9.72.